The molecule has 0 radical (unpaired) electrons. The van der Waals surface area contributed by atoms with Gasteiger partial charge in [0.05, 0.1) is 0 Å². The van der Waals surface area contributed by atoms with Gasteiger partial charge in [0.15, 0.2) is 0 Å². The molecule has 64 valence electrons. The fourth-order valence-electron chi connectivity index (χ4n) is 0. The third-order valence-corrected chi connectivity index (χ3v) is 0. The molecular weight excluding hydrogens is 273 g/mol. The van der Waals surface area contributed by atoms with Gasteiger partial charge >= 0.3 is 41.8 Å². The van der Waals surface area contributed by atoms with Crippen LogP contribution in [0.25, 0.3) is 0 Å². The minimum absolute atomic E-state index is 0. The molecule has 0 atom stereocenters. The summed E-state index contributed by atoms with van der Waals surface area (Å²) >= 11 is 0. The molecule has 0 aliphatic heterocycles. The normalized spacial score (nSPS) is 10.9. The van der Waals surface area contributed by atoms with E-state index in [1.165, 1.54) is 0 Å². The van der Waals surface area contributed by atoms with Crippen molar-refractivity contribution in [1.29, 1.82) is 0 Å². The van der Waals surface area contributed by atoms with Crippen LogP contribution in [0.5, 0.6) is 0 Å². The second-order valence-corrected chi connectivity index (χ2v) is 3.37. The molecule has 0 spiro atoms. The van der Waals surface area contributed by atoms with Crippen LogP contribution in [0.15, 0.2) is 0 Å². The van der Waals surface area contributed by atoms with Crippen molar-refractivity contribution < 1.29 is 71.1 Å². The van der Waals surface area contributed by atoms with E-state index in [4.69, 9.17) is 38.4 Å². The van der Waals surface area contributed by atoms with Crippen molar-refractivity contribution in [1.82, 2.24) is 0 Å². The Hall–Kier alpha value is 1.22. The van der Waals surface area contributed by atoms with Crippen molar-refractivity contribution in [3.05, 3.63) is 0 Å². The first-order valence-electron chi connectivity index (χ1n) is 1.73. The summed E-state index contributed by atoms with van der Waals surface area (Å²) in [4.78, 5) is 62.4. The Labute approximate surface area is 88.9 Å². The molecule has 0 rings (SSSR count). The third kappa shape index (κ3) is 643. The first-order chi connectivity index (χ1) is 4.00. The van der Waals surface area contributed by atoms with E-state index in [1.807, 2.05) is 0 Å². The van der Waals surface area contributed by atoms with Crippen LogP contribution in [0.4, 0.5) is 0 Å². The molecule has 0 aliphatic rings. The first kappa shape index (κ1) is 18.1. The van der Waals surface area contributed by atoms with Gasteiger partial charge in [-0.3, -0.25) is 0 Å². The minimum Gasteiger partial charge on any atom is -0.861 e. The molecule has 0 bridgehead atoms. The second kappa shape index (κ2) is 6.70. The van der Waals surface area contributed by atoms with E-state index < -0.39 is 18.1 Å². The topological polar surface area (TPSA) is 170 Å². The van der Waals surface area contributed by atoms with Crippen LogP contribution in [0.2, 0.25) is 0 Å². The average molecular weight is 278 g/mol. The predicted octanol–water partition coefficient (Wildman–Crippen LogP) is -7.12. The fourth-order valence-corrected chi connectivity index (χ4v) is 0. The van der Waals surface area contributed by atoms with Gasteiger partial charge in [0, 0.05) is 0 Å². The molecule has 11 heteroatoms. The molecule has 11 heavy (non-hydrogen) atoms. The van der Waals surface area contributed by atoms with Gasteiger partial charge in [-0.1, -0.05) is 0 Å². The van der Waals surface area contributed by atoms with Crippen LogP contribution in [-0.4, -0.2) is 42.1 Å². The van der Waals surface area contributed by atoms with Crippen molar-refractivity contribution >= 4 is 18.1 Å². The number of rotatable bonds is 0. The predicted molar refractivity (Wildman–Crippen MR) is 22.6 cm³/mol. The Balaban J connectivity index is -0.000000107. The molecule has 0 aromatic rings. The summed E-state index contributed by atoms with van der Waals surface area (Å²) in [6.45, 7) is 0. The standard InChI is InChI=1S/H4O4Si.HO4Si.Y/c2*1-5(2,3)4;/h1-4H;1H;/q;-3;+3. The minimum atomic E-state index is -5.36. The maximum atomic E-state index is 8.69. The Bertz CT molecular complexity index is 55.1. The molecule has 0 fully saturated rings. The van der Waals surface area contributed by atoms with Gasteiger partial charge in [0.2, 0.25) is 0 Å². The monoisotopic (exact) mass is 278 g/mol. The third-order valence-electron chi connectivity index (χ3n) is 0. The van der Waals surface area contributed by atoms with Crippen LogP contribution in [0, 0.1) is 0 Å². The zero-order valence-corrected chi connectivity index (χ0v) is 9.88. The van der Waals surface area contributed by atoms with Crippen LogP contribution in [0.1, 0.15) is 0 Å². The number of hydrogen-bond donors (Lipinski definition) is 5. The Morgan fingerprint density at radius 1 is 0.727 bits per heavy atom. The van der Waals surface area contributed by atoms with Gasteiger partial charge in [-0.25, -0.2) is 0 Å². The largest absolute Gasteiger partial charge is 3.00 e. The molecule has 8 nitrogen and oxygen atoms in total. The Kier molecular flexibility index (Phi) is 11.0. The van der Waals surface area contributed by atoms with Crippen molar-refractivity contribution in [2.24, 2.45) is 0 Å². The van der Waals surface area contributed by atoms with Gasteiger partial charge in [-0.2, -0.15) is 0 Å². The zero-order valence-electron chi connectivity index (χ0n) is 5.04. The molecule has 0 aliphatic carbocycles. The van der Waals surface area contributed by atoms with E-state index in [1.54, 1.807) is 0 Å². The van der Waals surface area contributed by atoms with E-state index in [0.717, 1.165) is 0 Å². The molecule has 0 saturated carbocycles. The van der Waals surface area contributed by atoms with Crippen molar-refractivity contribution in [2.75, 3.05) is 0 Å². The first-order valence-corrected chi connectivity index (χ1v) is 5.19. The molecule has 0 aromatic carbocycles. The zero-order chi connectivity index (χ0) is 9.00. The second-order valence-electron chi connectivity index (χ2n) is 1.12. The van der Waals surface area contributed by atoms with Crippen LogP contribution in [0.3, 0.4) is 0 Å². The summed E-state index contributed by atoms with van der Waals surface area (Å²) < 4.78 is 0. The van der Waals surface area contributed by atoms with Crippen LogP contribution in [-0.2, 0) is 32.7 Å². The molecule has 0 unspecified atom stereocenters. The SMILES string of the molecule is O[Si](O)(O)O.[O-][Si]([O-])([O-])O.[Y+3]. The van der Waals surface area contributed by atoms with Gasteiger partial charge in [-0.05, 0) is 0 Å². The van der Waals surface area contributed by atoms with Crippen LogP contribution >= 0.6 is 0 Å². The van der Waals surface area contributed by atoms with Crippen molar-refractivity contribution in [3.8, 4) is 0 Å². The fraction of sp³-hybridized carbons (Fsp3) is 0. The summed E-state index contributed by atoms with van der Waals surface area (Å²) in [5.74, 6) is 0. The number of hydrogen-bond acceptors (Lipinski definition) is 8. The van der Waals surface area contributed by atoms with Crippen LogP contribution < -0.4 is 14.4 Å². The van der Waals surface area contributed by atoms with Gasteiger partial charge < -0.3 is 38.4 Å². The maximum absolute atomic E-state index is 8.69. The van der Waals surface area contributed by atoms with E-state index in [-0.39, 0.29) is 32.7 Å². The Morgan fingerprint density at radius 3 is 0.727 bits per heavy atom. The molecule has 0 saturated heterocycles. The molecule has 0 heterocycles. The van der Waals surface area contributed by atoms with E-state index in [2.05, 4.69) is 0 Å². The molecule has 0 aromatic heterocycles. The Morgan fingerprint density at radius 2 is 0.727 bits per heavy atom. The van der Waals surface area contributed by atoms with Gasteiger partial charge in [0.1, 0.15) is 0 Å². The van der Waals surface area contributed by atoms with E-state index in [9.17, 15) is 0 Å². The summed E-state index contributed by atoms with van der Waals surface area (Å²) in [6.07, 6.45) is 0. The van der Waals surface area contributed by atoms with Gasteiger partial charge in [-0.15, -0.1) is 9.05 Å². The maximum Gasteiger partial charge on any atom is 3.00 e. The summed E-state index contributed by atoms with van der Waals surface area (Å²) in [5, 5.41) is 0. The van der Waals surface area contributed by atoms with Crippen molar-refractivity contribution in [3.63, 3.8) is 0 Å². The average Bonchev–Trinajstić information content (AvgIpc) is 1.12. The molecule has 5 N–H and O–H groups in total. The molecular formula is H5O8Si2Y. The quantitative estimate of drug-likeness (QED) is 0.272. The summed E-state index contributed by atoms with van der Waals surface area (Å²) in [5.41, 5.74) is 0. The van der Waals surface area contributed by atoms with E-state index >= 15 is 0 Å². The summed E-state index contributed by atoms with van der Waals surface area (Å²) in [7, 11) is -9.97. The van der Waals surface area contributed by atoms with Gasteiger partial charge in [0.25, 0.3) is 0 Å². The molecule has 0 amide bonds. The van der Waals surface area contributed by atoms with Crippen molar-refractivity contribution in [2.45, 2.75) is 0 Å². The van der Waals surface area contributed by atoms with E-state index in [0.29, 0.717) is 0 Å². The summed E-state index contributed by atoms with van der Waals surface area (Å²) in [6, 6.07) is 0. The smallest absolute Gasteiger partial charge is 0.861 e.